The zero-order valence-electron chi connectivity index (χ0n) is 13.5. The smallest absolute Gasteiger partial charge is 0.229 e. The molecule has 5 heteroatoms. The molecule has 2 aromatic carbocycles. The van der Waals surface area contributed by atoms with Crippen LogP contribution in [0.1, 0.15) is 18.9 Å². The number of carbonyl (C=O) groups excluding carboxylic acids is 2. The average Bonchev–Trinajstić information content (AvgIpc) is 2.99. The van der Waals surface area contributed by atoms with E-state index in [1.54, 1.807) is 4.90 Å². The molecule has 3 rings (SSSR count). The van der Waals surface area contributed by atoms with Crippen LogP contribution in [0.2, 0.25) is 0 Å². The van der Waals surface area contributed by atoms with Crippen LogP contribution < -0.4 is 10.2 Å². The van der Waals surface area contributed by atoms with Crippen molar-refractivity contribution >= 4 is 39.1 Å². The largest absolute Gasteiger partial charge is 0.326 e. The molecule has 124 valence electrons. The van der Waals surface area contributed by atoms with E-state index < -0.39 is 0 Å². The average molecular weight is 387 g/mol. The van der Waals surface area contributed by atoms with Crippen LogP contribution in [0, 0.1) is 5.92 Å². The van der Waals surface area contributed by atoms with E-state index in [-0.39, 0.29) is 24.2 Å². The minimum Gasteiger partial charge on any atom is -0.326 e. The lowest BCUT2D eigenvalue weighted by atomic mass is 10.1. The lowest BCUT2D eigenvalue weighted by molar-refractivity contribution is -0.122. The van der Waals surface area contributed by atoms with Gasteiger partial charge in [-0.05, 0) is 42.3 Å². The van der Waals surface area contributed by atoms with Crippen molar-refractivity contribution in [3.63, 3.8) is 0 Å². The van der Waals surface area contributed by atoms with Crippen molar-refractivity contribution in [3.05, 3.63) is 58.6 Å². The zero-order valence-corrected chi connectivity index (χ0v) is 15.0. The molecule has 0 saturated carbocycles. The number of carbonyl (C=O) groups is 2. The van der Waals surface area contributed by atoms with Gasteiger partial charge < -0.3 is 10.2 Å². The van der Waals surface area contributed by atoms with Crippen molar-refractivity contribution in [2.45, 2.75) is 19.8 Å². The van der Waals surface area contributed by atoms with Crippen molar-refractivity contribution in [2.24, 2.45) is 5.92 Å². The monoisotopic (exact) mass is 386 g/mol. The summed E-state index contributed by atoms with van der Waals surface area (Å²) < 4.78 is 0.989. The van der Waals surface area contributed by atoms with Crippen LogP contribution in [0.15, 0.2) is 53.0 Å². The Morgan fingerprint density at radius 3 is 2.71 bits per heavy atom. The molecule has 0 spiro atoms. The SMILES string of the molecule is CCc1cc(Br)ccc1NC(=O)[C@H]1CC(=O)N(c2ccccc2)C1. The number of aryl methyl sites for hydroxylation is 1. The molecule has 0 aliphatic carbocycles. The van der Waals surface area contributed by atoms with Gasteiger partial charge in [0.2, 0.25) is 11.8 Å². The minimum atomic E-state index is -0.328. The molecule has 1 N–H and O–H groups in total. The molecule has 0 radical (unpaired) electrons. The third-order valence-corrected chi connectivity index (χ3v) is 4.76. The fourth-order valence-corrected chi connectivity index (χ4v) is 3.36. The topological polar surface area (TPSA) is 49.4 Å². The summed E-state index contributed by atoms with van der Waals surface area (Å²) in [6.45, 7) is 2.47. The fraction of sp³-hybridized carbons (Fsp3) is 0.263. The molecule has 0 aromatic heterocycles. The number of rotatable bonds is 4. The van der Waals surface area contributed by atoms with Crippen LogP contribution in [0.4, 0.5) is 11.4 Å². The third-order valence-electron chi connectivity index (χ3n) is 4.27. The van der Waals surface area contributed by atoms with Gasteiger partial charge in [0.15, 0.2) is 0 Å². The molecule has 0 unspecified atom stereocenters. The molecule has 1 fully saturated rings. The lowest BCUT2D eigenvalue weighted by Gasteiger charge is -2.17. The highest BCUT2D eigenvalue weighted by atomic mass is 79.9. The second kappa shape index (κ2) is 7.18. The van der Waals surface area contributed by atoms with Crippen molar-refractivity contribution in [1.29, 1.82) is 0 Å². The van der Waals surface area contributed by atoms with E-state index in [4.69, 9.17) is 0 Å². The maximum Gasteiger partial charge on any atom is 0.229 e. The molecule has 1 saturated heterocycles. The second-order valence-electron chi connectivity index (χ2n) is 5.89. The highest BCUT2D eigenvalue weighted by Crippen LogP contribution is 2.27. The molecule has 4 nitrogen and oxygen atoms in total. The standard InChI is InChI=1S/C19H19BrN2O2/c1-2-13-10-15(20)8-9-17(13)21-19(24)14-11-18(23)22(12-14)16-6-4-3-5-7-16/h3-10,14H,2,11-12H2,1H3,(H,21,24)/t14-/m0/s1. The third kappa shape index (κ3) is 3.51. The van der Waals surface area contributed by atoms with E-state index in [9.17, 15) is 9.59 Å². The summed E-state index contributed by atoms with van der Waals surface area (Å²) in [5.41, 5.74) is 2.73. The highest BCUT2D eigenvalue weighted by molar-refractivity contribution is 9.10. The number of benzene rings is 2. The summed E-state index contributed by atoms with van der Waals surface area (Å²) in [7, 11) is 0. The van der Waals surface area contributed by atoms with Gasteiger partial charge in [0.25, 0.3) is 0 Å². The number of halogens is 1. The van der Waals surface area contributed by atoms with Crippen LogP contribution >= 0.6 is 15.9 Å². The van der Waals surface area contributed by atoms with Crippen LogP contribution in [0.5, 0.6) is 0 Å². The fourth-order valence-electron chi connectivity index (χ4n) is 2.95. The van der Waals surface area contributed by atoms with Gasteiger partial charge in [-0.15, -0.1) is 0 Å². The van der Waals surface area contributed by atoms with Crippen LogP contribution in [-0.2, 0) is 16.0 Å². The zero-order chi connectivity index (χ0) is 17.1. The van der Waals surface area contributed by atoms with Crippen molar-refractivity contribution in [3.8, 4) is 0 Å². The Kier molecular flexibility index (Phi) is 5.00. The van der Waals surface area contributed by atoms with E-state index in [0.717, 1.165) is 27.8 Å². The number of nitrogens with zero attached hydrogens (tertiary/aromatic N) is 1. The van der Waals surface area contributed by atoms with Gasteiger partial charge in [0, 0.05) is 28.8 Å². The number of nitrogens with one attached hydrogen (secondary N) is 1. The van der Waals surface area contributed by atoms with Gasteiger partial charge in [0.1, 0.15) is 0 Å². The molecule has 1 heterocycles. The van der Waals surface area contributed by atoms with Gasteiger partial charge in [-0.3, -0.25) is 9.59 Å². The molecular formula is C19H19BrN2O2. The van der Waals surface area contributed by atoms with Crippen LogP contribution in [0.3, 0.4) is 0 Å². The summed E-state index contributed by atoms with van der Waals surface area (Å²) in [6, 6.07) is 15.3. The minimum absolute atomic E-state index is 0.00660. The highest BCUT2D eigenvalue weighted by Gasteiger charge is 2.35. The van der Waals surface area contributed by atoms with E-state index in [0.29, 0.717) is 6.54 Å². The number of para-hydroxylation sites is 1. The number of hydrogen-bond acceptors (Lipinski definition) is 2. The molecule has 2 amide bonds. The first-order valence-corrected chi connectivity index (χ1v) is 8.82. The number of hydrogen-bond donors (Lipinski definition) is 1. The van der Waals surface area contributed by atoms with Gasteiger partial charge in [-0.1, -0.05) is 41.1 Å². The molecule has 2 aromatic rings. The Labute approximate surface area is 150 Å². The van der Waals surface area contributed by atoms with E-state index in [1.807, 2.05) is 55.5 Å². The van der Waals surface area contributed by atoms with E-state index >= 15 is 0 Å². The first kappa shape index (κ1) is 16.7. The molecule has 1 aliphatic rings. The van der Waals surface area contributed by atoms with Gasteiger partial charge in [0.05, 0.1) is 5.92 Å². The first-order chi connectivity index (χ1) is 11.6. The van der Waals surface area contributed by atoms with Crippen molar-refractivity contribution in [1.82, 2.24) is 0 Å². The maximum absolute atomic E-state index is 12.6. The number of anilines is 2. The van der Waals surface area contributed by atoms with Gasteiger partial charge >= 0.3 is 0 Å². The van der Waals surface area contributed by atoms with E-state index in [1.165, 1.54) is 0 Å². The van der Waals surface area contributed by atoms with Crippen LogP contribution in [-0.4, -0.2) is 18.4 Å². The van der Waals surface area contributed by atoms with Crippen LogP contribution in [0.25, 0.3) is 0 Å². The number of amides is 2. The van der Waals surface area contributed by atoms with E-state index in [2.05, 4.69) is 21.2 Å². The summed E-state index contributed by atoms with van der Waals surface area (Å²) in [6.07, 6.45) is 1.08. The lowest BCUT2D eigenvalue weighted by Crippen LogP contribution is -2.28. The predicted octanol–water partition coefficient (Wildman–Crippen LogP) is 4.00. The van der Waals surface area contributed by atoms with Crippen molar-refractivity contribution < 1.29 is 9.59 Å². The molecular weight excluding hydrogens is 368 g/mol. The summed E-state index contributed by atoms with van der Waals surface area (Å²) in [5.74, 6) is -0.433. The summed E-state index contributed by atoms with van der Waals surface area (Å²) >= 11 is 3.45. The second-order valence-corrected chi connectivity index (χ2v) is 6.80. The molecule has 0 bridgehead atoms. The first-order valence-electron chi connectivity index (χ1n) is 8.03. The predicted molar refractivity (Wildman–Crippen MR) is 99.1 cm³/mol. The Morgan fingerprint density at radius 1 is 1.25 bits per heavy atom. The summed E-state index contributed by atoms with van der Waals surface area (Å²) in [4.78, 5) is 26.5. The Balaban J connectivity index is 1.72. The van der Waals surface area contributed by atoms with Gasteiger partial charge in [-0.2, -0.15) is 0 Å². The summed E-state index contributed by atoms with van der Waals surface area (Å²) in [5, 5.41) is 2.98. The molecule has 24 heavy (non-hydrogen) atoms. The Morgan fingerprint density at radius 2 is 2.00 bits per heavy atom. The quantitative estimate of drug-likeness (QED) is 0.862. The Bertz CT molecular complexity index is 761. The van der Waals surface area contributed by atoms with Crippen molar-refractivity contribution in [2.75, 3.05) is 16.8 Å². The normalized spacial score (nSPS) is 17.2. The van der Waals surface area contributed by atoms with Gasteiger partial charge in [-0.25, -0.2) is 0 Å². The Hall–Kier alpha value is -2.14. The maximum atomic E-state index is 12.6. The molecule has 1 atom stereocenters. The molecule has 1 aliphatic heterocycles.